The predicted molar refractivity (Wildman–Crippen MR) is 64.3 cm³/mol. The van der Waals surface area contributed by atoms with Crippen molar-refractivity contribution in [2.45, 2.75) is 32.2 Å². The van der Waals surface area contributed by atoms with Crippen LogP contribution in [-0.2, 0) is 9.59 Å². The first-order valence-corrected chi connectivity index (χ1v) is 5.39. The van der Waals surface area contributed by atoms with Gasteiger partial charge in [0.2, 0.25) is 11.8 Å². The summed E-state index contributed by atoms with van der Waals surface area (Å²) < 4.78 is 0. The Hall–Kier alpha value is -0.810. The molecule has 1 heterocycles. The number of carbonyl (C=O) groups excluding carboxylic acids is 2. The van der Waals surface area contributed by atoms with Gasteiger partial charge in [-0.3, -0.25) is 9.59 Å². The fourth-order valence-corrected chi connectivity index (χ4v) is 1.62. The normalized spacial score (nSPS) is 16.5. The van der Waals surface area contributed by atoms with E-state index in [9.17, 15) is 9.59 Å². The first-order valence-electron chi connectivity index (χ1n) is 5.39. The second kappa shape index (κ2) is 7.46. The third-order valence-electron chi connectivity index (χ3n) is 2.40. The Balaban J connectivity index is 0.00000225. The molecule has 1 aliphatic rings. The standard InChI is InChI=1S/C10H19N3O2.ClH/c1-8(11)6-9(14)12-7-10(15)13-4-2-3-5-13;/h8H,2-7,11H2,1H3,(H,12,14);1H. The van der Waals surface area contributed by atoms with Crippen molar-refractivity contribution in [1.29, 1.82) is 0 Å². The minimum atomic E-state index is -0.160. The van der Waals surface area contributed by atoms with Gasteiger partial charge in [0.1, 0.15) is 0 Å². The number of likely N-dealkylation sites (tertiary alicyclic amines) is 1. The molecule has 1 aliphatic heterocycles. The molecule has 0 spiro atoms. The van der Waals surface area contributed by atoms with E-state index in [2.05, 4.69) is 5.32 Å². The lowest BCUT2D eigenvalue weighted by Crippen LogP contribution is -2.39. The van der Waals surface area contributed by atoms with Crippen LogP contribution in [-0.4, -0.2) is 42.4 Å². The molecule has 2 amide bonds. The average molecular weight is 250 g/mol. The molecule has 5 nitrogen and oxygen atoms in total. The van der Waals surface area contributed by atoms with Crippen molar-refractivity contribution in [3.8, 4) is 0 Å². The number of hydrogen-bond acceptors (Lipinski definition) is 3. The van der Waals surface area contributed by atoms with Crippen molar-refractivity contribution in [1.82, 2.24) is 10.2 Å². The Kier molecular flexibility index (Phi) is 7.08. The molecule has 0 aromatic heterocycles. The molecule has 16 heavy (non-hydrogen) atoms. The van der Waals surface area contributed by atoms with Crippen LogP contribution in [0.1, 0.15) is 26.2 Å². The molecule has 1 unspecified atom stereocenters. The second-order valence-electron chi connectivity index (χ2n) is 4.05. The maximum absolute atomic E-state index is 11.5. The van der Waals surface area contributed by atoms with Crippen LogP contribution in [0.2, 0.25) is 0 Å². The number of nitrogens with one attached hydrogen (secondary N) is 1. The minimum absolute atomic E-state index is 0. The number of nitrogens with zero attached hydrogens (tertiary/aromatic N) is 1. The molecule has 0 aliphatic carbocycles. The van der Waals surface area contributed by atoms with Gasteiger partial charge in [-0.2, -0.15) is 0 Å². The van der Waals surface area contributed by atoms with Gasteiger partial charge < -0.3 is 16.0 Å². The quantitative estimate of drug-likeness (QED) is 0.730. The van der Waals surface area contributed by atoms with Crippen molar-refractivity contribution in [2.75, 3.05) is 19.6 Å². The summed E-state index contributed by atoms with van der Waals surface area (Å²) in [5, 5.41) is 2.58. The van der Waals surface area contributed by atoms with E-state index in [1.807, 2.05) is 0 Å². The number of halogens is 1. The van der Waals surface area contributed by atoms with Gasteiger partial charge in [0.05, 0.1) is 6.54 Å². The van der Waals surface area contributed by atoms with Crippen molar-refractivity contribution < 1.29 is 9.59 Å². The number of hydrogen-bond donors (Lipinski definition) is 2. The molecule has 94 valence electrons. The van der Waals surface area contributed by atoms with Crippen molar-refractivity contribution >= 4 is 24.2 Å². The van der Waals surface area contributed by atoms with Gasteiger partial charge in [0.25, 0.3) is 0 Å². The Bertz CT molecular complexity index is 240. The summed E-state index contributed by atoms with van der Waals surface area (Å²) in [6, 6.07) is -0.160. The second-order valence-corrected chi connectivity index (χ2v) is 4.05. The van der Waals surface area contributed by atoms with Crippen LogP contribution in [0.25, 0.3) is 0 Å². The third-order valence-corrected chi connectivity index (χ3v) is 2.40. The van der Waals surface area contributed by atoms with E-state index in [-0.39, 0.29) is 43.2 Å². The first kappa shape index (κ1) is 15.2. The lowest BCUT2D eigenvalue weighted by molar-refractivity contribution is -0.132. The van der Waals surface area contributed by atoms with Gasteiger partial charge in [-0.25, -0.2) is 0 Å². The Morgan fingerprint density at radius 1 is 1.38 bits per heavy atom. The van der Waals surface area contributed by atoms with E-state index in [4.69, 9.17) is 5.73 Å². The number of carbonyl (C=O) groups is 2. The third kappa shape index (κ3) is 5.32. The summed E-state index contributed by atoms with van der Waals surface area (Å²) in [4.78, 5) is 24.5. The smallest absolute Gasteiger partial charge is 0.241 e. The fourth-order valence-electron chi connectivity index (χ4n) is 1.62. The summed E-state index contributed by atoms with van der Waals surface area (Å²) in [6.07, 6.45) is 2.41. The summed E-state index contributed by atoms with van der Waals surface area (Å²) in [5.41, 5.74) is 5.47. The van der Waals surface area contributed by atoms with Gasteiger partial charge >= 0.3 is 0 Å². The largest absolute Gasteiger partial charge is 0.347 e. The lowest BCUT2D eigenvalue weighted by atomic mass is 10.2. The van der Waals surface area contributed by atoms with E-state index in [1.165, 1.54) is 0 Å². The van der Waals surface area contributed by atoms with Crippen LogP contribution in [0.3, 0.4) is 0 Å². The highest BCUT2D eigenvalue weighted by atomic mass is 35.5. The molecule has 1 fully saturated rings. The molecule has 0 aromatic rings. The van der Waals surface area contributed by atoms with Crippen molar-refractivity contribution in [3.63, 3.8) is 0 Å². The molecule has 6 heteroatoms. The van der Waals surface area contributed by atoms with Gasteiger partial charge in [0.15, 0.2) is 0 Å². The predicted octanol–water partition coefficient (Wildman–Crippen LogP) is -0.116. The van der Waals surface area contributed by atoms with Crippen molar-refractivity contribution in [2.24, 2.45) is 5.73 Å². The van der Waals surface area contributed by atoms with Crippen LogP contribution < -0.4 is 11.1 Å². The molecule has 1 rings (SSSR count). The number of rotatable bonds is 4. The Morgan fingerprint density at radius 2 is 1.94 bits per heavy atom. The molecule has 0 radical (unpaired) electrons. The summed E-state index contributed by atoms with van der Waals surface area (Å²) in [7, 11) is 0. The highest BCUT2D eigenvalue weighted by Crippen LogP contribution is 2.06. The van der Waals surface area contributed by atoms with Gasteiger partial charge in [-0.15, -0.1) is 12.4 Å². The molecule has 0 saturated carbocycles. The summed E-state index contributed by atoms with van der Waals surface area (Å²) in [5.74, 6) is -0.150. The van der Waals surface area contributed by atoms with Crippen molar-refractivity contribution in [3.05, 3.63) is 0 Å². The van der Waals surface area contributed by atoms with Crippen LogP contribution >= 0.6 is 12.4 Å². The van der Waals surface area contributed by atoms with E-state index in [0.29, 0.717) is 0 Å². The van der Waals surface area contributed by atoms with Crippen LogP contribution in [0.4, 0.5) is 0 Å². The molecule has 1 saturated heterocycles. The number of nitrogens with two attached hydrogens (primary N) is 1. The molecule has 3 N–H and O–H groups in total. The molecule has 1 atom stereocenters. The zero-order valence-electron chi connectivity index (χ0n) is 9.57. The Morgan fingerprint density at radius 3 is 2.44 bits per heavy atom. The monoisotopic (exact) mass is 249 g/mol. The number of amides is 2. The summed E-state index contributed by atoms with van der Waals surface area (Å²) >= 11 is 0. The van der Waals surface area contributed by atoms with E-state index in [1.54, 1.807) is 11.8 Å². The minimum Gasteiger partial charge on any atom is -0.347 e. The van der Waals surface area contributed by atoms with E-state index < -0.39 is 0 Å². The lowest BCUT2D eigenvalue weighted by Gasteiger charge is -2.15. The van der Waals surface area contributed by atoms with Crippen LogP contribution in [0, 0.1) is 0 Å². The highest BCUT2D eigenvalue weighted by molar-refractivity contribution is 5.85. The van der Waals surface area contributed by atoms with Gasteiger partial charge in [-0.1, -0.05) is 0 Å². The first-order chi connectivity index (χ1) is 7.09. The maximum atomic E-state index is 11.5. The zero-order chi connectivity index (χ0) is 11.3. The van der Waals surface area contributed by atoms with Gasteiger partial charge in [-0.05, 0) is 19.8 Å². The molecular formula is C10H20ClN3O2. The Labute approximate surface area is 102 Å². The maximum Gasteiger partial charge on any atom is 0.241 e. The zero-order valence-corrected chi connectivity index (χ0v) is 10.4. The van der Waals surface area contributed by atoms with Crippen LogP contribution in [0.15, 0.2) is 0 Å². The molecule has 0 bridgehead atoms. The molecule has 0 aromatic carbocycles. The van der Waals surface area contributed by atoms with Gasteiger partial charge in [0, 0.05) is 25.6 Å². The average Bonchev–Trinajstić information content (AvgIpc) is 2.65. The van der Waals surface area contributed by atoms with Crippen LogP contribution in [0.5, 0.6) is 0 Å². The fraction of sp³-hybridized carbons (Fsp3) is 0.800. The topological polar surface area (TPSA) is 75.4 Å². The SMILES string of the molecule is CC(N)CC(=O)NCC(=O)N1CCCC1.Cl. The highest BCUT2D eigenvalue weighted by Gasteiger charge is 2.18. The summed E-state index contributed by atoms with van der Waals surface area (Å²) in [6.45, 7) is 3.51. The van der Waals surface area contributed by atoms with E-state index in [0.717, 1.165) is 25.9 Å². The molecular weight excluding hydrogens is 230 g/mol. The van der Waals surface area contributed by atoms with E-state index >= 15 is 0 Å².